The molecule has 0 saturated carbocycles. The Morgan fingerprint density at radius 1 is 1.48 bits per heavy atom. The molecule has 2 aromatic rings. The van der Waals surface area contributed by atoms with Crippen LogP contribution in [0.3, 0.4) is 0 Å². The largest absolute Gasteiger partial charge is 0.476 e. The van der Waals surface area contributed by atoms with Crippen LogP contribution in [0.25, 0.3) is 0 Å². The third-order valence-electron chi connectivity index (χ3n) is 4.00. The number of amides is 1. The molecule has 0 bridgehead atoms. The lowest BCUT2D eigenvalue weighted by Gasteiger charge is -2.11. The summed E-state index contributed by atoms with van der Waals surface area (Å²) in [5.41, 5.74) is 2.86. The Morgan fingerprint density at radius 3 is 2.96 bits per heavy atom. The van der Waals surface area contributed by atoms with E-state index in [4.69, 9.17) is 5.11 Å². The molecule has 7 heteroatoms. The molecule has 1 unspecified atom stereocenters. The minimum atomic E-state index is -1.03. The van der Waals surface area contributed by atoms with Crippen LogP contribution in [0.4, 0.5) is 5.69 Å². The molecule has 1 saturated heterocycles. The summed E-state index contributed by atoms with van der Waals surface area (Å²) < 4.78 is 1.56. The van der Waals surface area contributed by atoms with Gasteiger partial charge in [0.1, 0.15) is 0 Å². The van der Waals surface area contributed by atoms with Crippen LogP contribution in [0.1, 0.15) is 34.1 Å². The molecule has 1 aromatic heterocycles. The maximum Gasteiger partial charge on any atom is 0.356 e. The highest BCUT2D eigenvalue weighted by molar-refractivity contribution is 5.85. The highest BCUT2D eigenvalue weighted by Crippen LogP contribution is 2.25. The fourth-order valence-corrected chi connectivity index (χ4v) is 2.71. The number of hydrogen-bond acceptors (Lipinski definition) is 4. The standard InChI is InChI=1S/C16H18N4O3/c1-20-13(7-14(19-20)16(22)23)9-17-12-4-2-3-10(5-12)11-6-15(21)18-8-11/h2-5,7,11,17H,6,8-9H2,1H3,(H,18,21)(H,22,23). The molecule has 7 nitrogen and oxygen atoms in total. The van der Waals surface area contributed by atoms with Crippen molar-refractivity contribution in [3.63, 3.8) is 0 Å². The first-order valence-electron chi connectivity index (χ1n) is 7.39. The van der Waals surface area contributed by atoms with E-state index in [1.54, 1.807) is 17.8 Å². The lowest BCUT2D eigenvalue weighted by Crippen LogP contribution is -2.13. The topological polar surface area (TPSA) is 96.2 Å². The fraction of sp³-hybridized carbons (Fsp3) is 0.312. The molecule has 3 rings (SSSR count). The van der Waals surface area contributed by atoms with Gasteiger partial charge < -0.3 is 15.7 Å². The van der Waals surface area contributed by atoms with Crippen molar-refractivity contribution in [2.45, 2.75) is 18.9 Å². The number of anilines is 1. The van der Waals surface area contributed by atoms with Gasteiger partial charge in [0.05, 0.1) is 12.2 Å². The normalized spacial score (nSPS) is 17.1. The van der Waals surface area contributed by atoms with Gasteiger partial charge in [0.15, 0.2) is 5.69 Å². The average molecular weight is 314 g/mol. The number of carbonyl (C=O) groups is 2. The van der Waals surface area contributed by atoms with Gasteiger partial charge in [-0.1, -0.05) is 12.1 Å². The second-order valence-corrected chi connectivity index (χ2v) is 5.63. The molecule has 0 spiro atoms. The summed E-state index contributed by atoms with van der Waals surface area (Å²) in [6.07, 6.45) is 0.521. The van der Waals surface area contributed by atoms with Crippen LogP contribution in [0.15, 0.2) is 30.3 Å². The van der Waals surface area contributed by atoms with E-state index in [9.17, 15) is 9.59 Å². The SMILES string of the molecule is Cn1nc(C(=O)O)cc1CNc1cccc(C2CNC(=O)C2)c1. The zero-order valence-corrected chi connectivity index (χ0v) is 12.7. The van der Waals surface area contributed by atoms with Gasteiger partial charge in [-0.05, 0) is 23.8 Å². The molecule has 1 amide bonds. The molecule has 0 radical (unpaired) electrons. The Morgan fingerprint density at radius 2 is 2.30 bits per heavy atom. The Kier molecular flexibility index (Phi) is 4.01. The van der Waals surface area contributed by atoms with E-state index in [0.717, 1.165) is 16.9 Å². The molecular weight excluding hydrogens is 296 g/mol. The predicted octanol–water partition coefficient (Wildman–Crippen LogP) is 1.33. The summed E-state index contributed by atoms with van der Waals surface area (Å²) >= 11 is 0. The van der Waals surface area contributed by atoms with Crippen LogP contribution in [0.5, 0.6) is 0 Å². The number of nitrogens with one attached hydrogen (secondary N) is 2. The fourth-order valence-electron chi connectivity index (χ4n) is 2.71. The van der Waals surface area contributed by atoms with Gasteiger partial charge in [-0.15, -0.1) is 0 Å². The summed E-state index contributed by atoms with van der Waals surface area (Å²) in [7, 11) is 1.72. The molecule has 0 aliphatic carbocycles. The van der Waals surface area contributed by atoms with Crippen molar-refractivity contribution in [1.29, 1.82) is 0 Å². The number of rotatable bonds is 5. The van der Waals surface area contributed by atoms with Crippen molar-refractivity contribution in [1.82, 2.24) is 15.1 Å². The number of hydrogen-bond donors (Lipinski definition) is 3. The smallest absolute Gasteiger partial charge is 0.356 e. The van der Waals surface area contributed by atoms with Crippen LogP contribution < -0.4 is 10.6 Å². The third kappa shape index (κ3) is 3.33. The first-order chi connectivity index (χ1) is 11.0. The number of aromatic nitrogens is 2. The Balaban J connectivity index is 1.69. The van der Waals surface area contributed by atoms with E-state index < -0.39 is 5.97 Å². The second-order valence-electron chi connectivity index (χ2n) is 5.63. The van der Waals surface area contributed by atoms with E-state index in [1.165, 1.54) is 0 Å². The monoisotopic (exact) mass is 314 g/mol. The average Bonchev–Trinajstić information content (AvgIpc) is 3.12. The molecule has 120 valence electrons. The number of benzene rings is 1. The Bertz CT molecular complexity index is 754. The zero-order chi connectivity index (χ0) is 16.4. The molecule has 1 fully saturated rings. The molecule has 1 atom stereocenters. The number of carboxylic acids is 1. The summed E-state index contributed by atoms with van der Waals surface area (Å²) in [6, 6.07) is 9.50. The lowest BCUT2D eigenvalue weighted by atomic mass is 9.98. The minimum Gasteiger partial charge on any atom is -0.476 e. The summed E-state index contributed by atoms with van der Waals surface area (Å²) in [4.78, 5) is 22.3. The van der Waals surface area contributed by atoms with Crippen molar-refractivity contribution < 1.29 is 14.7 Å². The molecule has 23 heavy (non-hydrogen) atoms. The van der Waals surface area contributed by atoms with Crippen LogP contribution in [-0.4, -0.2) is 33.3 Å². The zero-order valence-electron chi connectivity index (χ0n) is 12.7. The van der Waals surface area contributed by atoms with Crippen LogP contribution in [0, 0.1) is 0 Å². The van der Waals surface area contributed by atoms with Gasteiger partial charge in [-0.25, -0.2) is 4.79 Å². The Hall–Kier alpha value is -2.83. The maximum atomic E-state index is 11.3. The van der Waals surface area contributed by atoms with Crippen molar-refractivity contribution in [2.24, 2.45) is 7.05 Å². The number of aromatic carboxylic acids is 1. The molecule has 1 aliphatic rings. The summed E-state index contributed by atoms with van der Waals surface area (Å²) in [6.45, 7) is 1.15. The lowest BCUT2D eigenvalue weighted by molar-refractivity contribution is -0.119. The first kappa shape index (κ1) is 15.1. The minimum absolute atomic E-state index is 0.0357. The van der Waals surface area contributed by atoms with Gasteiger partial charge >= 0.3 is 5.97 Å². The highest BCUT2D eigenvalue weighted by Gasteiger charge is 2.22. The van der Waals surface area contributed by atoms with Gasteiger partial charge in [0.25, 0.3) is 0 Å². The van der Waals surface area contributed by atoms with Gasteiger partial charge in [0.2, 0.25) is 5.91 Å². The molecule has 1 aliphatic heterocycles. The van der Waals surface area contributed by atoms with E-state index in [0.29, 0.717) is 19.5 Å². The van der Waals surface area contributed by atoms with Crippen molar-refractivity contribution in [3.05, 3.63) is 47.3 Å². The van der Waals surface area contributed by atoms with Gasteiger partial charge in [-0.3, -0.25) is 9.48 Å². The quantitative estimate of drug-likeness (QED) is 0.774. The van der Waals surface area contributed by atoms with Gasteiger partial charge in [0, 0.05) is 31.6 Å². The van der Waals surface area contributed by atoms with Crippen LogP contribution in [0.2, 0.25) is 0 Å². The van der Waals surface area contributed by atoms with Crippen LogP contribution in [-0.2, 0) is 18.4 Å². The molecule has 3 N–H and O–H groups in total. The van der Waals surface area contributed by atoms with Crippen molar-refractivity contribution in [2.75, 3.05) is 11.9 Å². The van der Waals surface area contributed by atoms with Crippen LogP contribution >= 0.6 is 0 Å². The first-order valence-corrected chi connectivity index (χ1v) is 7.39. The molecular formula is C16H18N4O3. The summed E-state index contributed by atoms with van der Waals surface area (Å²) in [5, 5.41) is 19.0. The summed E-state index contributed by atoms with van der Waals surface area (Å²) in [5.74, 6) is -0.740. The highest BCUT2D eigenvalue weighted by atomic mass is 16.4. The van der Waals surface area contributed by atoms with Crippen molar-refractivity contribution >= 4 is 17.6 Å². The number of nitrogens with zero attached hydrogens (tertiary/aromatic N) is 2. The number of aryl methyl sites for hydroxylation is 1. The number of carbonyl (C=O) groups excluding carboxylic acids is 1. The van der Waals surface area contributed by atoms with E-state index >= 15 is 0 Å². The van der Waals surface area contributed by atoms with Crippen molar-refractivity contribution in [3.8, 4) is 0 Å². The Labute approximate surface area is 133 Å². The van der Waals surface area contributed by atoms with Gasteiger partial charge in [-0.2, -0.15) is 5.10 Å². The van der Waals surface area contributed by atoms with E-state index in [1.807, 2.05) is 24.3 Å². The third-order valence-corrected chi connectivity index (χ3v) is 4.00. The van der Waals surface area contributed by atoms with E-state index in [-0.39, 0.29) is 17.5 Å². The predicted molar refractivity (Wildman–Crippen MR) is 84.3 cm³/mol. The second kappa shape index (κ2) is 6.12. The molecule has 1 aromatic carbocycles. The maximum absolute atomic E-state index is 11.3. The number of carboxylic acid groups (broad SMARTS) is 1. The molecule has 2 heterocycles. The van der Waals surface area contributed by atoms with E-state index in [2.05, 4.69) is 15.7 Å².